The lowest BCUT2D eigenvalue weighted by atomic mass is 9.93. The fourth-order valence-corrected chi connectivity index (χ4v) is 5.10. The summed E-state index contributed by atoms with van der Waals surface area (Å²) in [6.45, 7) is 0. The van der Waals surface area contributed by atoms with Gasteiger partial charge in [0, 0.05) is 18.3 Å². The van der Waals surface area contributed by atoms with E-state index in [1.807, 2.05) is 36.4 Å². The maximum atomic E-state index is 12.3. The van der Waals surface area contributed by atoms with Gasteiger partial charge in [-0.1, -0.05) is 30.0 Å². The quantitative estimate of drug-likeness (QED) is 0.627. The maximum absolute atomic E-state index is 12.3. The van der Waals surface area contributed by atoms with Crippen LogP contribution in [0.2, 0.25) is 0 Å². The molecule has 0 bridgehead atoms. The van der Waals surface area contributed by atoms with E-state index in [9.17, 15) is 4.79 Å². The molecule has 1 aliphatic rings. The van der Waals surface area contributed by atoms with E-state index >= 15 is 0 Å². The summed E-state index contributed by atoms with van der Waals surface area (Å²) < 4.78 is 8.01. The van der Waals surface area contributed by atoms with Crippen LogP contribution in [0.4, 0.5) is 0 Å². The minimum absolute atomic E-state index is 0.0772. The SMILES string of the molecule is O=C(CSc1nc2ccccc2s1)NC1CCC(Oc2ccccn2)CC1. The van der Waals surface area contributed by atoms with Crippen molar-refractivity contribution in [2.75, 3.05) is 5.75 Å². The molecule has 1 aliphatic carbocycles. The van der Waals surface area contributed by atoms with E-state index in [0.29, 0.717) is 11.6 Å². The highest BCUT2D eigenvalue weighted by Crippen LogP contribution is 2.29. The Labute approximate surface area is 166 Å². The molecule has 5 nitrogen and oxygen atoms in total. The highest BCUT2D eigenvalue weighted by Gasteiger charge is 2.24. The van der Waals surface area contributed by atoms with E-state index < -0.39 is 0 Å². The van der Waals surface area contributed by atoms with Crippen molar-refractivity contribution in [3.8, 4) is 5.88 Å². The van der Waals surface area contributed by atoms with Crippen LogP contribution < -0.4 is 10.1 Å². The van der Waals surface area contributed by atoms with Gasteiger partial charge in [0.15, 0.2) is 4.34 Å². The molecular formula is C20H21N3O2S2. The number of nitrogens with one attached hydrogen (secondary N) is 1. The molecule has 1 N–H and O–H groups in total. The highest BCUT2D eigenvalue weighted by atomic mass is 32.2. The zero-order chi connectivity index (χ0) is 18.5. The van der Waals surface area contributed by atoms with Crippen LogP contribution in [-0.4, -0.2) is 33.8 Å². The van der Waals surface area contributed by atoms with E-state index in [0.717, 1.165) is 40.2 Å². The zero-order valence-electron chi connectivity index (χ0n) is 14.8. The number of thiazole rings is 1. The molecular weight excluding hydrogens is 378 g/mol. The fraction of sp³-hybridized carbons (Fsp3) is 0.350. The highest BCUT2D eigenvalue weighted by molar-refractivity contribution is 8.01. The number of pyridine rings is 1. The molecule has 0 saturated heterocycles. The van der Waals surface area contributed by atoms with Crippen molar-refractivity contribution < 1.29 is 9.53 Å². The van der Waals surface area contributed by atoms with Crippen LogP contribution in [0.3, 0.4) is 0 Å². The number of hydrogen-bond acceptors (Lipinski definition) is 6. The standard InChI is InChI=1S/C20H21N3O2S2/c24-18(13-26-20-23-16-5-1-2-6-17(16)27-20)22-14-8-10-15(11-9-14)25-19-7-3-4-12-21-19/h1-7,12,14-15H,8-11,13H2,(H,22,24). The minimum Gasteiger partial charge on any atom is -0.474 e. The second-order valence-corrected chi connectivity index (χ2v) is 8.82. The van der Waals surface area contributed by atoms with Gasteiger partial charge in [-0.15, -0.1) is 11.3 Å². The Morgan fingerprint density at radius 2 is 1.96 bits per heavy atom. The predicted octanol–water partition coefficient (Wildman–Crippen LogP) is 4.29. The first-order valence-electron chi connectivity index (χ1n) is 9.12. The number of aromatic nitrogens is 2. The van der Waals surface area contributed by atoms with Gasteiger partial charge in [-0.05, 0) is 43.9 Å². The molecule has 1 fully saturated rings. The van der Waals surface area contributed by atoms with Crippen LogP contribution in [0.1, 0.15) is 25.7 Å². The maximum Gasteiger partial charge on any atom is 0.230 e. The van der Waals surface area contributed by atoms with Crippen molar-refractivity contribution >= 4 is 39.2 Å². The number of ether oxygens (including phenoxy) is 1. The van der Waals surface area contributed by atoms with Gasteiger partial charge in [-0.3, -0.25) is 4.79 Å². The predicted molar refractivity (Wildman–Crippen MR) is 109 cm³/mol. The van der Waals surface area contributed by atoms with Gasteiger partial charge in [-0.2, -0.15) is 0 Å². The monoisotopic (exact) mass is 399 g/mol. The Balaban J connectivity index is 1.20. The zero-order valence-corrected chi connectivity index (χ0v) is 16.5. The summed E-state index contributed by atoms with van der Waals surface area (Å²) in [5, 5.41) is 3.15. The third-order valence-electron chi connectivity index (χ3n) is 4.57. The Bertz CT molecular complexity index is 859. The summed E-state index contributed by atoms with van der Waals surface area (Å²) in [4.78, 5) is 21.0. The van der Waals surface area contributed by atoms with Crippen LogP contribution in [0.5, 0.6) is 5.88 Å². The van der Waals surface area contributed by atoms with Crippen LogP contribution in [-0.2, 0) is 4.79 Å². The minimum atomic E-state index is 0.0772. The number of para-hydroxylation sites is 1. The van der Waals surface area contributed by atoms with Crippen LogP contribution in [0.25, 0.3) is 10.2 Å². The molecule has 0 unspecified atom stereocenters. The smallest absolute Gasteiger partial charge is 0.230 e. The number of hydrogen-bond donors (Lipinski definition) is 1. The van der Waals surface area contributed by atoms with Crippen LogP contribution in [0.15, 0.2) is 53.0 Å². The lowest BCUT2D eigenvalue weighted by Crippen LogP contribution is -2.40. The molecule has 2 aromatic heterocycles. The second-order valence-electron chi connectivity index (χ2n) is 6.56. The third kappa shape index (κ3) is 4.99. The first-order chi connectivity index (χ1) is 13.3. The number of carbonyl (C=O) groups excluding carboxylic acids is 1. The third-order valence-corrected chi connectivity index (χ3v) is 6.74. The normalized spacial score (nSPS) is 19.7. The average molecular weight is 400 g/mol. The molecule has 7 heteroatoms. The first-order valence-corrected chi connectivity index (χ1v) is 10.9. The van der Waals surface area contributed by atoms with Crippen LogP contribution >= 0.6 is 23.1 Å². The molecule has 0 spiro atoms. The second kappa shape index (κ2) is 8.71. The Morgan fingerprint density at radius 1 is 1.15 bits per heavy atom. The Hall–Kier alpha value is -2.12. The number of thioether (sulfide) groups is 1. The van der Waals surface area contributed by atoms with E-state index in [1.165, 1.54) is 11.8 Å². The molecule has 0 aliphatic heterocycles. The van der Waals surface area contributed by atoms with E-state index in [-0.39, 0.29) is 18.1 Å². The molecule has 0 atom stereocenters. The lowest BCUT2D eigenvalue weighted by molar-refractivity contribution is -0.119. The summed E-state index contributed by atoms with van der Waals surface area (Å²) >= 11 is 3.14. The van der Waals surface area contributed by atoms with E-state index in [2.05, 4.69) is 21.4 Å². The van der Waals surface area contributed by atoms with Gasteiger partial charge in [0.2, 0.25) is 11.8 Å². The van der Waals surface area contributed by atoms with Crippen molar-refractivity contribution in [1.29, 1.82) is 0 Å². The van der Waals surface area contributed by atoms with Crippen molar-refractivity contribution in [1.82, 2.24) is 15.3 Å². The Kier molecular flexibility index (Phi) is 5.89. The summed E-state index contributed by atoms with van der Waals surface area (Å²) in [7, 11) is 0. The molecule has 1 amide bonds. The molecule has 1 aromatic carbocycles. The van der Waals surface area contributed by atoms with E-state index in [1.54, 1.807) is 17.5 Å². The summed E-state index contributed by atoms with van der Waals surface area (Å²) in [6.07, 6.45) is 5.68. The van der Waals surface area contributed by atoms with Crippen LogP contribution in [0, 0.1) is 0 Å². The topological polar surface area (TPSA) is 64.1 Å². The van der Waals surface area contributed by atoms with Gasteiger partial charge >= 0.3 is 0 Å². The Morgan fingerprint density at radius 3 is 2.74 bits per heavy atom. The number of carbonyl (C=O) groups is 1. The summed E-state index contributed by atoms with van der Waals surface area (Å²) in [6, 6.07) is 14.0. The largest absolute Gasteiger partial charge is 0.474 e. The number of amides is 1. The first kappa shape index (κ1) is 18.3. The molecule has 27 heavy (non-hydrogen) atoms. The van der Waals surface area contributed by atoms with Crippen molar-refractivity contribution in [3.63, 3.8) is 0 Å². The van der Waals surface area contributed by atoms with Gasteiger partial charge in [0.1, 0.15) is 6.10 Å². The number of benzene rings is 1. The molecule has 3 aromatic rings. The molecule has 0 radical (unpaired) electrons. The number of nitrogens with zero attached hydrogens (tertiary/aromatic N) is 2. The van der Waals surface area contributed by atoms with Crippen molar-refractivity contribution in [2.45, 2.75) is 42.2 Å². The van der Waals surface area contributed by atoms with Gasteiger partial charge in [0.25, 0.3) is 0 Å². The molecule has 1 saturated carbocycles. The van der Waals surface area contributed by atoms with Crippen molar-refractivity contribution in [3.05, 3.63) is 48.7 Å². The lowest BCUT2D eigenvalue weighted by Gasteiger charge is -2.29. The van der Waals surface area contributed by atoms with Crippen molar-refractivity contribution in [2.24, 2.45) is 0 Å². The summed E-state index contributed by atoms with van der Waals surface area (Å²) in [5.41, 5.74) is 0.997. The molecule has 140 valence electrons. The molecule has 4 rings (SSSR count). The van der Waals surface area contributed by atoms with Gasteiger partial charge in [-0.25, -0.2) is 9.97 Å². The van der Waals surface area contributed by atoms with Gasteiger partial charge < -0.3 is 10.1 Å². The summed E-state index contributed by atoms with van der Waals surface area (Å²) in [5.74, 6) is 1.16. The number of rotatable bonds is 6. The fourth-order valence-electron chi connectivity index (χ4n) is 3.22. The number of fused-ring (bicyclic) bond motifs is 1. The van der Waals surface area contributed by atoms with Gasteiger partial charge in [0.05, 0.1) is 16.0 Å². The molecule has 2 heterocycles. The van der Waals surface area contributed by atoms with E-state index in [4.69, 9.17) is 4.74 Å². The average Bonchev–Trinajstić information content (AvgIpc) is 3.12.